The molecule has 0 heterocycles. The zero-order valence-corrected chi connectivity index (χ0v) is 79.1. The van der Waals surface area contributed by atoms with E-state index >= 15 is 0 Å². The number of carbonyl (C=O) groups is 4. The molecule has 0 bridgehead atoms. The van der Waals surface area contributed by atoms with Crippen LogP contribution in [0.5, 0.6) is 0 Å². The fraction of sp³-hybridized carbons (Fsp3) is 0.760. The first kappa shape index (κ1) is 113. The number of hydrogen-bond donors (Lipinski definition) is 0. The molecule has 2 rings (SSSR count). The second-order valence-corrected chi connectivity index (χ2v) is 35.5. The van der Waals surface area contributed by atoms with Gasteiger partial charge in [-0.15, -0.1) is 0 Å². The van der Waals surface area contributed by atoms with E-state index in [-0.39, 0.29) is 75.3 Å². The predicted octanol–water partition coefficient (Wildman–Crippen LogP) is 30.3. The largest absolute Gasteiger partial charge is 2.00 e. The molecule has 0 spiro atoms. The van der Waals surface area contributed by atoms with Crippen molar-refractivity contribution in [1.82, 2.24) is 0 Å². The van der Waals surface area contributed by atoms with E-state index in [1.807, 2.05) is 0 Å². The number of rotatable bonds is 82. The van der Waals surface area contributed by atoms with Crippen LogP contribution >= 0.6 is 0 Å². The van der Waals surface area contributed by atoms with Crippen LogP contribution in [0, 0.1) is 0 Å². The fourth-order valence-corrected chi connectivity index (χ4v) is 16.1. The van der Waals surface area contributed by atoms with Crippen molar-refractivity contribution >= 4 is 81.9 Å². The minimum atomic E-state index is -5.02. The van der Waals surface area contributed by atoms with E-state index < -0.39 is 65.0 Å². The molecule has 0 aliphatic carbocycles. The Bertz CT molecular complexity index is 2810. The minimum absolute atomic E-state index is 0. The third kappa shape index (κ3) is 69.5. The second-order valence-electron chi connectivity index (χ2n) is 32.8. The van der Waals surface area contributed by atoms with E-state index in [9.17, 15) is 45.1 Å². The molecule has 17 heteroatoms. The Kier molecular flexibility index (Phi) is 81.9. The van der Waals surface area contributed by atoms with Gasteiger partial charge in [0.1, 0.15) is 20.2 Å². The number of benzene rings is 2. The maximum Gasteiger partial charge on any atom is 2.00 e. The van der Waals surface area contributed by atoms with Crippen molar-refractivity contribution in [3.63, 3.8) is 0 Å². The maximum atomic E-state index is 13.0. The van der Waals surface area contributed by atoms with E-state index in [0.717, 1.165) is 89.2 Å². The van der Waals surface area contributed by atoms with Crippen LogP contribution in [0.4, 0.5) is 0 Å². The van der Waals surface area contributed by atoms with Crippen LogP contribution < -0.4 is 0 Å². The third-order valence-electron chi connectivity index (χ3n) is 22.0. The SMILES string of the molecule is CCCCCCC/C=C/CCCCCCCCCCCCOC(=O)c1cccc(S(=O)(=O)[O-])c1C(=O)OCCCCCCCCCCCC/C=C/CCCCCCC.CCCCCCC/C=C/CCCCCCCCCCCCOC(=O)c1cccc(S(=O)(=O)[O-])c1C(=O)OCCCCCCCCCCCC/C=C/CCCCCCC.[Ca+2]. The summed E-state index contributed by atoms with van der Waals surface area (Å²) >= 11 is 0. The standard InChI is InChI=1S/2C50H86O7S.Ca/c2*1-3-5-7-9-11-13-15-17-19-21-23-25-27-29-31-33-35-37-39-44-56-49(51)46-42-41-43-47(58(53,54)55)48(46)50(52)57-45-40-38-36-34-32-30-28-26-24-22-20-18-16-14-12-10-8-6-4-2;/h2*15-18,41-43H,3-14,19-40,44-45H2,1-2H3,(H,53,54,55);/q;;+2/p-2/b2*17-15+,18-16+;. The second kappa shape index (κ2) is 84.6. The Morgan fingerprint density at radius 1 is 0.239 bits per heavy atom. The van der Waals surface area contributed by atoms with Crippen molar-refractivity contribution in [2.45, 2.75) is 474 Å². The summed E-state index contributed by atoms with van der Waals surface area (Å²) in [4.78, 5) is 50.5. The molecular weight excluding hydrogens is 1530 g/mol. The van der Waals surface area contributed by atoms with Crippen molar-refractivity contribution < 1.29 is 64.1 Å². The number of hydrogen-bond acceptors (Lipinski definition) is 14. The van der Waals surface area contributed by atoms with Crippen LogP contribution in [-0.2, 0) is 39.2 Å². The van der Waals surface area contributed by atoms with Gasteiger partial charge in [0.05, 0.1) is 58.5 Å². The summed E-state index contributed by atoms with van der Waals surface area (Å²) in [6, 6.07) is 7.27. The summed E-state index contributed by atoms with van der Waals surface area (Å²) in [6.07, 6.45) is 101. The Hall–Kier alpha value is -3.64. The smallest absolute Gasteiger partial charge is 0.744 e. The predicted molar refractivity (Wildman–Crippen MR) is 489 cm³/mol. The number of unbranched alkanes of at least 4 members (excludes halogenated alkanes) is 60. The average molecular weight is 1700 g/mol. The molecule has 0 aromatic heterocycles. The van der Waals surface area contributed by atoms with Crippen LogP contribution in [0.1, 0.15) is 506 Å². The van der Waals surface area contributed by atoms with Crippen molar-refractivity contribution in [2.75, 3.05) is 26.4 Å². The molecule has 0 aliphatic heterocycles. The summed E-state index contributed by atoms with van der Waals surface area (Å²) in [5, 5.41) is 0. The quantitative estimate of drug-likeness (QED) is 0.0150. The monoisotopic (exact) mass is 1700 g/mol. The van der Waals surface area contributed by atoms with Crippen molar-refractivity contribution in [3.8, 4) is 0 Å². The van der Waals surface area contributed by atoms with Gasteiger partial charge in [0, 0.05) is 0 Å². The molecule has 0 saturated carbocycles. The Morgan fingerprint density at radius 2 is 0.393 bits per heavy atom. The van der Waals surface area contributed by atoms with E-state index in [4.69, 9.17) is 18.9 Å². The molecule has 0 saturated heterocycles. The third-order valence-corrected chi connectivity index (χ3v) is 23.8. The Morgan fingerprint density at radius 3 is 0.564 bits per heavy atom. The number of allylic oxidation sites excluding steroid dienone is 8. The molecule has 0 amide bonds. The van der Waals surface area contributed by atoms with Crippen molar-refractivity contribution in [1.29, 1.82) is 0 Å². The number of esters is 4. The Balaban J connectivity index is 0.00000228. The fourth-order valence-electron chi connectivity index (χ4n) is 14.7. The normalized spacial score (nSPS) is 11.8. The first-order valence-corrected chi connectivity index (χ1v) is 50.9. The van der Waals surface area contributed by atoms with Gasteiger partial charge in [0.25, 0.3) is 0 Å². The van der Waals surface area contributed by atoms with Crippen molar-refractivity contribution in [3.05, 3.63) is 107 Å². The van der Waals surface area contributed by atoms with Gasteiger partial charge in [-0.25, -0.2) is 36.0 Å². The van der Waals surface area contributed by atoms with Crippen LogP contribution in [0.15, 0.2) is 94.8 Å². The summed E-state index contributed by atoms with van der Waals surface area (Å²) in [7, 11) is -10.0. The van der Waals surface area contributed by atoms with Gasteiger partial charge in [-0.3, -0.25) is 0 Å². The number of ether oxygens (including phenoxy) is 4. The zero-order valence-electron chi connectivity index (χ0n) is 75.2. The van der Waals surface area contributed by atoms with Gasteiger partial charge in [-0.1, -0.05) is 397 Å². The van der Waals surface area contributed by atoms with E-state index in [2.05, 4.69) is 76.3 Å². The van der Waals surface area contributed by atoms with Crippen LogP contribution in [0.3, 0.4) is 0 Å². The Labute approximate surface area is 747 Å². The minimum Gasteiger partial charge on any atom is -0.744 e. The summed E-state index contributed by atoms with van der Waals surface area (Å²) in [5.41, 5.74) is -1.55. The molecular formula is C100H170CaO14S2. The molecule has 0 atom stereocenters. The number of carbonyl (C=O) groups excluding carboxylic acids is 4. The molecule has 2 aromatic carbocycles. The first-order chi connectivity index (χ1) is 56.6. The van der Waals surface area contributed by atoms with Gasteiger partial charge in [-0.2, -0.15) is 0 Å². The van der Waals surface area contributed by atoms with Crippen molar-refractivity contribution in [2.24, 2.45) is 0 Å². The van der Waals surface area contributed by atoms with Gasteiger partial charge >= 0.3 is 61.6 Å². The van der Waals surface area contributed by atoms with Gasteiger partial charge in [0.2, 0.25) is 0 Å². The van der Waals surface area contributed by atoms with Gasteiger partial charge < -0.3 is 28.1 Å². The average Bonchev–Trinajstić information content (AvgIpc) is 0.796. The molecule has 117 heavy (non-hydrogen) atoms. The van der Waals surface area contributed by atoms with Crippen LogP contribution in [0.2, 0.25) is 0 Å². The summed E-state index contributed by atoms with van der Waals surface area (Å²) < 4.78 is 93.7. The zero-order chi connectivity index (χ0) is 84.4. The summed E-state index contributed by atoms with van der Waals surface area (Å²) in [6.45, 7) is 9.52. The maximum absolute atomic E-state index is 13.0. The molecule has 0 N–H and O–H groups in total. The van der Waals surface area contributed by atoms with E-state index in [1.165, 1.54) is 358 Å². The molecule has 0 fully saturated rings. The molecule has 2 aromatic rings. The first-order valence-electron chi connectivity index (χ1n) is 48.1. The molecule has 668 valence electrons. The topological polar surface area (TPSA) is 220 Å². The van der Waals surface area contributed by atoms with Crippen LogP contribution in [0.25, 0.3) is 0 Å². The van der Waals surface area contributed by atoms with E-state index in [1.54, 1.807) is 0 Å². The molecule has 0 unspecified atom stereocenters. The molecule has 0 radical (unpaired) electrons. The summed E-state index contributed by atoms with van der Waals surface area (Å²) in [5.74, 6) is -3.62. The van der Waals surface area contributed by atoms with Crippen LogP contribution in [-0.4, -0.2) is 114 Å². The van der Waals surface area contributed by atoms with E-state index in [0.29, 0.717) is 25.7 Å². The van der Waals surface area contributed by atoms with Gasteiger partial charge in [0.15, 0.2) is 0 Å². The molecule has 0 aliphatic rings. The van der Waals surface area contributed by atoms with Gasteiger partial charge in [-0.05, 0) is 153 Å². The molecule has 14 nitrogen and oxygen atoms in total.